The lowest BCUT2D eigenvalue weighted by Crippen LogP contribution is -2.65. The Hall–Kier alpha value is -3.45. The molecule has 2 saturated heterocycles. The fraction of sp³-hybridized carbons (Fsp3) is 0.812. The van der Waals surface area contributed by atoms with Crippen molar-refractivity contribution in [2.75, 3.05) is 31.7 Å². The molecule has 2 aromatic rings. The molecule has 0 saturated carbocycles. The molecular weight excluding hydrogens is 903 g/mol. The van der Waals surface area contributed by atoms with Crippen LogP contribution in [-0.4, -0.2) is 162 Å². The van der Waals surface area contributed by atoms with Crippen LogP contribution >= 0.6 is 0 Å². The van der Waals surface area contributed by atoms with Crippen molar-refractivity contribution in [3.8, 4) is 0 Å². The summed E-state index contributed by atoms with van der Waals surface area (Å²) in [4.78, 5) is 23.9. The molecule has 0 radical (unpaired) electrons. The summed E-state index contributed by atoms with van der Waals surface area (Å²) in [6, 6.07) is 2.04. The first-order valence-electron chi connectivity index (χ1n) is 25.4. The van der Waals surface area contributed by atoms with E-state index in [1.165, 1.54) is 57.4 Å². The number of benzene rings is 1. The van der Waals surface area contributed by atoms with E-state index in [9.17, 15) is 55.8 Å². The molecule has 2 aliphatic rings. The molecule has 1 aromatic heterocycles. The SMILES string of the molecule is CCCCCCCCCCCCCC=CC(O)C(COC1OC(CO)C(OC2OC(CO)C(O)C(O)C2O)C(O)C1O)NC(=O)CCCCCCCCCCCNc1ccc([N+](=O)[O-])c2nonc12. The molecule has 0 aliphatic carbocycles. The monoisotopic (exact) mass is 984 g/mol. The Morgan fingerprint density at radius 1 is 0.739 bits per heavy atom. The Balaban J connectivity index is 1.18. The number of hydrogen-bond acceptors (Lipinski definition) is 19. The Bertz CT molecular complexity index is 1750. The first kappa shape index (κ1) is 58.1. The predicted molar refractivity (Wildman–Crippen MR) is 254 cm³/mol. The molecule has 12 atom stereocenters. The summed E-state index contributed by atoms with van der Waals surface area (Å²) in [5.41, 5.74) is 0.931. The molecular formula is C48H81N5O16. The fourth-order valence-electron chi connectivity index (χ4n) is 8.71. The number of aromatic nitrogens is 2. The number of nitro groups is 1. The van der Waals surface area contributed by atoms with Crippen LogP contribution in [0.25, 0.3) is 11.0 Å². The number of carbonyl (C=O) groups excluding carboxylic acids is 1. The highest BCUT2D eigenvalue weighted by Gasteiger charge is 2.51. The molecule has 21 heteroatoms. The van der Waals surface area contributed by atoms with Crippen LogP contribution in [-0.2, 0) is 23.7 Å². The van der Waals surface area contributed by atoms with Gasteiger partial charge >= 0.3 is 5.69 Å². The van der Waals surface area contributed by atoms with Gasteiger partial charge in [0, 0.05) is 19.0 Å². The molecule has 2 aliphatic heterocycles. The van der Waals surface area contributed by atoms with Gasteiger partial charge in [-0.25, -0.2) is 4.63 Å². The fourth-order valence-corrected chi connectivity index (χ4v) is 8.71. The van der Waals surface area contributed by atoms with E-state index in [1.54, 1.807) is 12.1 Å². The highest BCUT2D eigenvalue weighted by molar-refractivity contribution is 5.93. The minimum absolute atomic E-state index is 0.114. The number of carbonyl (C=O) groups is 1. The third-order valence-electron chi connectivity index (χ3n) is 13.0. The summed E-state index contributed by atoms with van der Waals surface area (Å²) in [6.07, 6.45) is 9.11. The summed E-state index contributed by atoms with van der Waals surface area (Å²) in [6.45, 7) is 1.10. The number of fused-ring (bicyclic) bond motifs is 1. The van der Waals surface area contributed by atoms with E-state index in [0.717, 1.165) is 77.0 Å². The van der Waals surface area contributed by atoms with Crippen molar-refractivity contribution in [1.82, 2.24) is 15.6 Å². The number of nitrogens with one attached hydrogen (secondary N) is 2. The molecule has 1 aromatic carbocycles. The molecule has 21 nitrogen and oxygen atoms in total. The normalized spacial score (nSPS) is 26.1. The largest absolute Gasteiger partial charge is 0.394 e. The van der Waals surface area contributed by atoms with Gasteiger partial charge < -0.3 is 70.4 Å². The summed E-state index contributed by atoms with van der Waals surface area (Å²) < 4.78 is 27.4. The van der Waals surface area contributed by atoms with E-state index in [4.69, 9.17) is 23.6 Å². The van der Waals surface area contributed by atoms with Crippen LogP contribution < -0.4 is 10.6 Å². The van der Waals surface area contributed by atoms with Crippen molar-refractivity contribution in [3.63, 3.8) is 0 Å². The lowest BCUT2D eigenvalue weighted by Gasteiger charge is -2.46. The van der Waals surface area contributed by atoms with Crippen LogP contribution in [0.3, 0.4) is 0 Å². The topological polar surface area (TPSA) is 322 Å². The molecule has 1 amide bonds. The van der Waals surface area contributed by atoms with Gasteiger partial charge in [-0.3, -0.25) is 14.9 Å². The van der Waals surface area contributed by atoms with Gasteiger partial charge in [0.2, 0.25) is 11.4 Å². The van der Waals surface area contributed by atoms with Crippen molar-refractivity contribution in [2.45, 2.75) is 222 Å². The van der Waals surface area contributed by atoms with E-state index in [0.29, 0.717) is 24.2 Å². The van der Waals surface area contributed by atoms with Gasteiger partial charge in [0.05, 0.1) is 42.6 Å². The Kier molecular flexibility index (Phi) is 27.4. The maximum absolute atomic E-state index is 13.2. The zero-order valence-electron chi connectivity index (χ0n) is 40.3. The molecule has 394 valence electrons. The molecule has 2 fully saturated rings. The second kappa shape index (κ2) is 32.5. The zero-order valence-corrected chi connectivity index (χ0v) is 40.3. The number of nitro benzene ring substituents is 1. The van der Waals surface area contributed by atoms with Crippen LogP contribution in [0.5, 0.6) is 0 Å². The average molecular weight is 984 g/mol. The van der Waals surface area contributed by atoms with Gasteiger partial charge in [0.25, 0.3) is 0 Å². The number of amides is 1. The summed E-state index contributed by atoms with van der Waals surface area (Å²) in [5, 5.41) is 109. The lowest BCUT2D eigenvalue weighted by atomic mass is 9.97. The van der Waals surface area contributed by atoms with Crippen LogP contribution in [0.2, 0.25) is 0 Å². The van der Waals surface area contributed by atoms with Gasteiger partial charge in [-0.2, -0.15) is 0 Å². The molecule has 0 spiro atoms. The number of unbranched alkanes of at least 4 members (excludes halogenated alkanes) is 19. The summed E-state index contributed by atoms with van der Waals surface area (Å²) in [5.74, 6) is -0.296. The van der Waals surface area contributed by atoms with Crippen molar-refractivity contribution in [1.29, 1.82) is 0 Å². The average Bonchev–Trinajstić information content (AvgIpc) is 3.84. The van der Waals surface area contributed by atoms with Gasteiger partial charge in [-0.15, -0.1) is 0 Å². The Labute approximate surface area is 405 Å². The quantitative estimate of drug-likeness (QED) is 0.0198. The standard InChI is InChI=1S/C48H81N5O16/c1-2-3-4-5-6-7-8-9-10-12-15-18-21-24-35(56)33(31-65-47-45(62)43(60)46(37(30-55)67-47)68-48-44(61)42(59)41(58)36(29-54)66-48)50-38(57)25-22-19-16-13-11-14-17-20-23-28-49-32-26-27-34(53(63)64)40-39(32)51-69-52-40/h21,24,26-27,33,35-37,41-49,54-56,58-62H,2-20,22-23,25,28-31H2,1H3,(H,50,57). The van der Waals surface area contributed by atoms with E-state index in [2.05, 4.69) is 27.9 Å². The molecule has 3 heterocycles. The maximum Gasteiger partial charge on any atom is 0.300 e. The summed E-state index contributed by atoms with van der Waals surface area (Å²) >= 11 is 0. The van der Waals surface area contributed by atoms with Crippen LogP contribution in [0.15, 0.2) is 28.9 Å². The van der Waals surface area contributed by atoms with Gasteiger partial charge in [0.15, 0.2) is 18.1 Å². The number of nitrogens with zero attached hydrogens (tertiary/aromatic N) is 3. The smallest absolute Gasteiger partial charge is 0.300 e. The number of aliphatic hydroxyl groups is 8. The molecule has 69 heavy (non-hydrogen) atoms. The van der Waals surface area contributed by atoms with Gasteiger partial charge in [-0.1, -0.05) is 128 Å². The van der Waals surface area contributed by atoms with Gasteiger partial charge in [-0.05, 0) is 42.1 Å². The first-order chi connectivity index (χ1) is 33.4. The number of aliphatic hydroxyl groups excluding tert-OH is 8. The predicted octanol–water partition coefficient (Wildman–Crippen LogP) is 4.19. The van der Waals surface area contributed by atoms with Crippen molar-refractivity contribution in [3.05, 3.63) is 34.4 Å². The number of hydrogen-bond donors (Lipinski definition) is 10. The lowest BCUT2D eigenvalue weighted by molar-refractivity contribution is -0.383. The second-order valence-electron chi connectivity index (χ2n) is 18.5. The van der Waals surface area contributed by atoms with E-state index in [1.807, 2.05) is 6.08 Å². The minimum Gasteiger partial charge on any atom is -0.394 e. The van der Waals surface area contributed by atoms with Crippen molar-refractivity contribution in [2.24, 2.45) is 0 Å². The highest BCUT2D eigenvalue weighted by Crippen LogP contribution is 2.31. The van der Waals surface area contributed by atoms with Crippen molar-refractivity contribution >= 4 is 28.3 Å². The number of rotatable bonds is 36. The number of ether oxygens (including phenoxy) is 4. The zero-order chi connectivity index (χ0) is 50.0. The van der Waals surface area contributed by atoms with Gasteiger partial charge in [0.1, 0.15) is 48.8 Å². The van der Waals surface area contributed by atoms with Crippen LogP contribution in [0.4, 0.5) is 11.4 Å². The number of non-ortho nitro benzene ring substituents is 1. The van der Waals surface area contributed by atoms with Crippen molar-refractivity contribution < 1.29 is 74.1 Å². The van der Waals surface area contributed by atoms with E-state index < -0.39 is 91.7 Å². The third kappa shape index (κ3) is 19.2. The molecule has 4 rings (SSSR count). The molecule has 0 bridgehead atoms. The summed E-state index contributed by atoms with van der Waals surface area (Å²) in [7, 11) is 0. The third-order valence-corrected chi connectivity index (χ3v) is 13.0. The molecule has 10 N–H and O–H groups in total. The number of anilines is 1. The number of allylic oxidation sites excluding steroid dienone is 1. The first-order valence-corrected chi connectivity index (χ1v) is 25.4. The van der Waals surface area contributed by atoms with Crippen LogP contribution in [0.1, 0.15) is 148 Å². The molecule has 12 unspecified atom stereocenters. The minimum atomic E-state index is -1.81. The Morgan fingerprint density at radius 3 is 1.93 bits per heavy atom. The van der Waals surface area contributed by atoms with E-state index in [-0.39, 0.29) is 30.1 Å². The Morgan fingerprint density at radius 2 is 1.30 bits per heavy atom. The van der Waals surface area contributed by atoms with E-state index >= 15 is 0 Å². The maximum atomic E-state index is 13.2. The van der Waals surface area contributed by atoms with Crippen LogP contribution in [0, 0.1) is 10.1 Å². The highest BCUT2D eigenvalue weighted by atomic mass is 16.7. The second-order valence-corrected chi connectivity index (χ2v) is 18.5.